The van der Waals surface area contributed by atoms with Gasteiger partial charge in [-0.05, 0) is 100 Å². The number of nitrogens with zero attached hydrogens (tertiary/aromatic N) is 3. The van der Waals surface area contributed by atoms with Crippen molar-refractivity contribution in [2.75, 3.05) is 14.2 Å². The van der Waals surface area contributed by atoms with Gasteiger partial charge in [-0.2, -0.15) is 26.3 Å². The van der Waals surface area contributed by atoms with Gasteiger partial charge >= 0.3 is 25.8 Å². The van der Waals surface area contributed by atoms with Crippen LogP contribution in [0.5, 0.6) is 0 Å². The van der Waals surface area contributed by atoms with Crippen LogP contribution in [0.2, 0.25) is 0 Å². The average Bonchev–Trinajstić information content (AvgIpc) is 3.38. The van der Waals surface area contributed by atoms with Crippen LogP contribution in [-0.2, 0) is 47.6 Å². The minimum Gasteiger partial charge on any atom is -0.343 e. The molecule has 1 aliphatic rings. The lowest BCUT2D eigenvalue weighted by Crippen LogP contribution is -2.68. The molecular formula is C35H46F7N4O6P. The number of halogens is 7. The van der Waals surface area contributed by atoms with Crippen molar-refractivity contribution >= 4 is 7.75 Å². The predicted octanol–water partition coefficient (Wildman–Crippen LogP) is 9.05. The summed E-state index contributed by atoms with van der Waals surface area (Å²) in [7, 11) is -2.04. The Labute approximate surface area is 303 Å². The third kappa shape index (κ3) is 7.75. The molecule has 3 aromatic rings. The number of aryl methyl sites for hydroxylation is 1. The van der Waals surface area contributed by atoms with E-state index in [9.17, 15) is 40.1 Å². The quantitative estimate of drug-likeness (QED) is 0.169. The van der Waals surface area contributed by atoms with Crippen molar-refractivity contribution in [3.8, 4) is 0 Å². The van der Waals surface area contributed by atoms with E-state index in [0.717, 1.165) is 21.1 Å². The van der Waals surface area contributed by atoms with Gasteiger partial charge in [0.1, 0.15) is 11.6 Å². The highest BCUT2D eigenvalue weighted by Crippen LogP contribution is 2.54. The van der Waals surface area contributed by atoms with E-state index in [1.807, 2.05) is 18.7 Å². The standard InChI is InChI=1S/C35H46F7N4O6P/c1-19-15-22(36)13-14-23(19)27-28(51-32(8,9)31(6,7)45(27)18-26-43-29(47)46(44-26)53(48,49-11)50-12)52-33(10,30(3,4)5)24-16-21(34(37,38)39)17-25(20(24)2)35(40,41)42/h13-17,27-28H,18H2,1-12H3,(H,43,44,47)/t27-,28+,33-/m0/s1. The molecule has 1 aromatic heterocycles. The molecule has 10 nitrogen and oxygen atoms in total. The first-order chi connectivity index (χ1) is 23.9. The Morgan fingerprint density at radius 1 is 0.925 bits per heavy atom. The molecular weight excluding hydrogens is 736 g/mol. The van der Waals surface area contributed by atoms with E-state index in [1.54, 1.807) is 41.5 Å². The van der Waals surface area contributed by atoms with Gasteiger partial charge in [-0.1, -0.05) is 26.8 Å². The number of H-pyrrole nitrogens is 1. The highest BCUT2D eigenvalue weighted by atomic mass is 31.2. The largest absolute Gasteiger partial charge is 0.459 e. The molecule has 0 unspecified atom stereocenters. The normalized spacial score (nSPS) is 21.1. The topological polar surface area (TPSA) is 108 Å². The Hall–Kier alpha value is -3.08. The van der Waals surface area contributed by atoms with Crippen molar-refractivity contribution < 1.29 is 53.8 Å². The summed E-state index contributed by atoms with van der Waals surface area (Å²) >= 11 is 0. The molecule has 0 radical (unpaired) electrons. The van der Waals surface area contributed by atoms with Gasteiger partial charge in [0.25, 0.3) is 0 Å². The van der Waals surface area contributed by atoms with Crippen molar-refractivity contribution in [3.63, 3.8) is 0 Å². The zero-order valence-electron chi connectivity index (χ0n) is 31.6. The third-order valence-electron chi connectivity index (χ3n) is 10.7. The molecule has 2 aromatic carbocycles. The first-order valence-corrected chi connectivity index (χ1v) is 18.0. The summed E-state index contributed by atoms with van der Waals surface area (Å²) in [5.41, 5.74) is -9.14. The number of morpholine rings is 1. The van der Waals surface area contributed by atoms with Crippen LogP contribution in [0.1, 0.15) is 101 Å². The highest BCUT2D eigenvalue weighted by molar-refractivity contribution is 7.51. The fourth-order valence-electron chi connectivity index (χ4n) is 6.54. The Balaban J connectivity index is 2.03. The number of benzene rings is 2. The molecule has 2 heterocycles. The number of alkyl halides is 6. The number of hydrogen-bond acceptors (Lipinski definition) is 8. The number of nitrogens with one attached hydrogen (secondary N) is 1. The van der Waals surface area contributed by atoms with Gasteiger partial charge < -0.3 is 9.47 Å². The smallest absolute Gasteiger partial charge is 0.343 e. The summed E-state index contributed by atoms with van der Waals surface area (Å²) in [6.07, 6.45) is -11.7. The zero-order chi connectivity index (χ0) is 40.5. The molecule has 4 rings (SSSR count). The first kappa shape index (κ1) is 42.7. The van der Waals surface area contributed by atoms with Gasteiger partial charge in [0.05, 0.1) is 34.9 Å². The predicted molar refractivity (Wildman–Crippen MR) is 181 cm³/mol. The fraction of sp³-hybridized carbons (Fsp3) is 0.600. The maximum absolute atomic E-state index is 14.6. The minimum absolute atomic E-state index is 0.0132. The van der Waals surface area contributed by atoms with E-state index in [4.69, 9.17) is 18.5 Å². The van der Waals surface area contributed by atoms with Gasteiger partial charge in [0.15, 0.2) is 6.29 Å². The summed E-state index contributed by atoms with van der Waals surface area (Å²) in [6.45, 7) is 15.9. The molecule has 1 fully saturated rings. The van der Waals surface area contributed by atoms with E-state index in [0.29, 0.717) is 21.6 Å². The molecule has 0 spiro atoms. The van der Waals surface area contributed by atoms with Crippen LogP contribution < -0.4 is 5.69 Å². The summed E-state index contributed by atoms with van der Waals surface area (Å²) in [6, 6.07) is 3.64. The second kappa shape index (κ2) is 13.9. The Morgan fingerprint density at radius 3 is 1.98 bits per heavy atom. The van der Waals surface area contributed by atoms with Gasteiger partial charge in [-0.15, -0.1) is 9.55 Å². The van der Waals surface area contributed by atoms with Crippen LogP contribution in [0.15, 0.2) is 35.1 Å². The Kier molecular flexibility index (Phi) is 11.2. The van der Waals surface area contributed by atoms with Crippen molar-refractivity contribution in [3.05, 3.63) is 85.8 Å². The zero-order valence-corrected chi connectivity index (χ0v) is 32.5. The first-order valence-electron chi connectivity index (χ1n) is 16.5. The third-order valence-corrected chi connectivity index (χ3v) is 12.4. The molecule has 0 aliphatic carbocycles. The lowest BCUT2D eigenvalue weighted by atomic mass is 9.70. The van der Waals surface area contributed by atoms with E-state index in [2.05, 4.69) is 10.1 Å². The second-order valence-electron chi connectivity index (χ2n) is 15.3. The monoisotopic (exact) mass is 782 g/mol. The molecule has 3 atom stereocenters. The summed E-state index contributed by atoms with van der Waals surface area (Å²) in [5.74, 6) is -0.580. The maximum atomic E-state index is 14.6. The Morgan fingerprint density at radius 2 is 1.49 bits per heavy atom. The van der Waals surface area contributed by atoms with E-state index in [-0.39, 0.29) is 24.0 Å². The van der Waals surface area contributed by atoms with Crippen LogP contribution >= 0.6 is 7.75 Å². The molecule has 53 heavy (non-hydrogen) atoms. The lowest BCUT2D eigenvalue weighted by molar-refractivity contribution is -0.347. The molecule has 1 aliphatic heterocycles. The van der Waals surface area contributed by atoms with Crippen molar-refractivity contribution in [2.45, 2.75) is 117 Å². The van der Waals surface area contributed by atoms with Crippen LogP contribution in [-0.4, -0.2) is 51.1 Å². The molecule has 18 heteroatoms. The number of ether oxygens (including phenoxy) is 2. The lowest BCUT2D eigenvalue weighted by Gasteiger charge is -2.60. The van der Waals surface area contributed by atoms with Crippen molar-refractivity contribution in [1.82, 2.24) is 19.4 Å². The molecule has 0 amide bonds. The molecule has 1 saturated heterocycles. The maximum Gasteiger partial charge on any atom is 0.459 e. The van der Waals surface area contributed by atoms with Gasteiger partial charge in [0, 0.05) is 19.8 Å². The van der Waals surface area contributed by atoms with Crippen LogP contribution in [0.25, 0.3) is 0 Å². The van der Waals surface area contributed by atoms with Crippen LogP contribution in [0, 0.1) is 25.1 Å². The highest BCUT2D eigenvalue weighted by Gasteiger charge is 2.58. The van der Waals surface area contributed by atoms with Crippen LogP contribution in [0.3, 0.4) is 0 Å². The van der Waals surface area contributed by atoms with E-state index in [1.165, 1.54) is 25.1 Å². The Bertz CT molecular complexity index is 1940. The van der Waals surface area contributed by atoms with Gasteiger partial charge in [0.2, 0.25) is 0 Å². The van der Waals surface area contributed by atoms with Gasteiger partial charge in [-0.25, -0.2) is 13.8 Å². The summed E-state index contributed by atoms with van der Waals surface area (Å²) in [4.78, 5) is 17.3. The molecule has 296 valence electrons. The van der Waals surface area contributed by atoms with Crippen LogP contribution in [0.4, 0.5) is 30.7 Å². The van der Waals surface area contributed by atoms with Gasteiger partial charge in [-0.3, -0.25) is 18.9 Å². The van der Waals surface area contributed by atoms with E-state index >= 15 is 0 Å². The van der Waals surface area contributed by atoms with Crippen molar-refractivity contribution in [2.24, 2.45) is 5.41 Å². The summed E-state index contributed by atoms with van der Waals surface area (Å²) in [5, 5.41) is 4.20. The number of aromatic nitrogens is 3. The van der Waals surface area contributed by atoms with Crippen molar-refractivity contribution in [1.29, 1.82) is 0 Å². The number of aromatic amines is 1. The molecule has 1 N–H and O–H groups in total. The summed E-state index contributed by atoms with van der Waals surface area (Å²) < 4.78 is 137. The molecule has 0 bridgehead atoms. The fourth-order valence-corrected chi connectivity index (χ4v) is 7.49. The number of rotatable bonds is 9. The average molecular weight is 783 g/mol. The molecule has 0 saturated carbocycles. The SMILES string of the molecule is COP(=O)(OC)n1nc(CN2[C@@H](c3ccc(F)cc3C)[C@@H](O[C@@](C)(c3cc(C(F)(F)F)cc(C(F)(F)F)c3C)C(C)(C)C)OC(C)(C)C2(C)C)[nH]c1=O. The second-order valence-corrected chi connectivity index (χ2v) is 17.4. The van der Waals surface area contributed by atoms with E-state index < -0.39 is 82.8 Å². The number of hydrogen-bond donors (Lipinski definition) is 1. The minimum atomic E-state index is -5.13.